The second-order valence-corrected chi connectivity index (χ2v) is 4.51. The van der Waals surface area contributed by atoms with Gasteiger partial charge in [0.25, 0.3) is 0 Å². The smallest absolute Gasteiger partial charge is 0.157 e. The fraction of sp³-hybridized carbons (Fsp3) is 0.692. The average Bonchev–Trinajstić information content (AvgIpc) is 2.42. The summed E-state index contributed by atoms with van der Waals surface area (Å²) in [5, 5.41) is 3.22. The molecule has 0 aliphatic heterocycles. The highest BCUT2D eigenvalue weighted by atomic mass is 16.5. The van der Waals surface area contributed by atoms with Crippen LogP contribution in [0.15, 0.2) is 6.33 Å². The third kappa shape index (κ3) is 4.90. The van der Waals surface area contributed by atoms with Crippen LogP contribution in [0.5, 0.6) is 0 Å². The Morgan fingerprint density at radius 2 is 2.16 bits per heavy atom. The van der Waals surface area contributed by atoms with Crippen LogP contribution in [-0.2, 0) is 4.74 Å². The first kappa shape index (κ1) is 15.5. The number of aromatic nitrogens is 2. The van der Waals surface area contributed by atoms with Gasteiger partial charge in [0, 0.05) is 33.9 Å². The van der Waals surface area contributed by atoms with Gasteiger partial charge in [-0.1, -0.05) is 13.3 Å². The summed E-state index contributed by atoms with van der Waals surface area (Å²) in [5.74, 6) is 1.49. The van der Waals surface area contributed by atoms with E-state index in [4.69, 9.17) is 10.5 Å². The number of nitrogen functional groups attached to an aromatic ring is 1. The predicted octanol–water partition coefficient (Wildman–Crippen LogP) is 1.74. The van der Waals surface area contributed by atoms with E-state index in [-0.39, 0.29) is 0 Å². The Morgan fingerprint density at radius 1 is 1.37 bits per heavy atom. The van der Waals surface area contributed by atoms with Gasteiger partial charge in [-0.05, 0) is 12.8 Å². The molecule has 0 aliphatic carbocycles. The molecule has 0 atom stereocenters. The summed E-state index contributed by atoms with van der Waals surface area (Å²) < 4.78 is 5.00. The number of nitrogens with one attached hydrogen (secondary N) is 1. The minimum atomic E-state index is 0.610. The number of anilines is 3. The molecule has 0 unspecified atom stereocenters. The van der Waals surface area contributed by atoms with Gasteiger partial charge in [0.1, 0.15) is 12.0 Å². The van der Waals surface area contributed by atoms with E-state index in [2.05, 4.69) is 27.1 Å². The van der Waals surface area contributed by atoms with Crippen molar-refractivity contribution in [2.24, 2.45) is 0 Å². The van der Waals surface area contributed by atoms with Crippen molar-refractivity contribution in [3.05, 3.63) is 6.33 Å². The summed E-state index contributed by atoms with van der Waals surface area (Å²) in [7, 11) is 3.70. The molecular weight excluding hydrogens is 242 g/mol. The largest absolute Gasteiger partial charge is 0.393 e. The SMILES string of the molecule is CCCCN(C)c1ncnc(NCCCOC)c1N. The van der Waals surface area contributed by atoms with Gasteiger partial charge < -0.3 is 20.7 Å². The number of rotatable bonds is 9. The van der Waals surface area contributed by atoms with Crippen molar-refractivity contribution in [1.29, 1.82) is 0 Å². The summed E-state index contributed by atoms with van der Waals surface area (Å²) in [6, 6.07) is 0. The topological polar surface area (TPSA) is 76.3 Å². The van der Waals surface area contributed by atoms with Crippen LogP contribution in [0.4, 0.5) is 17.3 Å². The first-order chi connectivity index (χ1) is 9.20. The highest BCUT2D eigenvalue weighted by Gasteiger charge is 2.11. The van der Waals surface area contributed by atoms with E-state index in [1.165, 1.54) is 0 Å². The van der Waals surface area contributed by atoms with Gasteiger partial charge in [-0.3, -0.25) is 0 Å². The highest BCUT2D eigenvalue weighted by Crippen LogP contribution is 2.25. The third-order valence-corrected chi connectivity index (χ3v) is 2.89. The van der Waals surface area contributed by atoms with E-state index in [1.54, 1.807) is 13.4 Å². The Balaban J connectivity index is 2.63. The van der Waals surface area contributed by atoms with E-state index in [1.807, 2.05) is 7.05 Å². The molecule has 6 nitrogen and oxygen atoms in total. The lowest BCUT2D eigenvalue weighted by Gasteiger charge is -2.20. The van der Waals surface area contributed by atoms with E-state index in [0.717, 1.165) is 44.8 Å². The van der Waals surface area contributed by atoms with Crippen LogP contribution < -0.4 is 16.0 Å². The fourth-order valence-electron chi connectivity index (χ4n) is 1.76. The molecule has 0 aromatic carbocycles. The number of unbranched alkanes of at least 4 members (excludes halogenated alkanes) is 1. The monoisotopic (exact) mass is 267 g/mol. The van der Waals surface area contributed by atoms with Crippen LogP contribution >= 0.6 is 0 Å². The summed E-state index contributed by atoms with van der Waals surface area (Å²) in [6.45, 7) is 4.62. The molecular formula is C13H25N5O. The molecule has 0 bridgehead atoms. The maximum absolute atomic E-state index is 6.11. The standard InChI is InChI=1S/C13H25N5O/c1-4-5-8-18(2)13-11(14)12(16-10-17-13)15-7-6-9-19-3/h10H,4-9,14H2,1-3H3,(H,15,16,17). The first-order valence-electron chi connectivity index (χ1n) is 6.75. The molecule has 6 heteroatoms. The molecule has 0 saturated heterocycles. The number of ether oxygens (including phenoxy) is 1. The normalized spacial score (nSPS) is 10.5. The van der Waals surface area contributed by atoms with Crippen LogP contribution in [0, 0.1) is 0 Å². The molecule has 1 aromatic rings. The van der Waals surface area contributed by atoms with Crippen molar-refractivity contribution in [3.8, 4) is 0 Å². The molecule has 108 valence electrons. The van der Waals surface area contributed by atoms with Crippen LogP contribution in [0.25, 0.3) is 0 Å². The molecule has 19 heavy (non-hydrogen) atoms. The zero-order valence-corrected chi connectivity index (χ0v) is 12.1. The van der Waals surface area contributed by atoms with Crippen molar-refractivity contribution in [2.75, 3.05) is 49.8 Å². The highest BCUT2D eigenvalue weighted by molar-refractivity contribution is 5.74. The number of nitrogens with two attached hydrogens (primary N) is 1. The van der Waals surface area contributed by atoms with Gasteiger partial charge in [-0.15, -0.1) is 0 Å². The number of methoxy groups -OCH3 is 1. The maximum Gasteiger partial charge on any atom is 0.157 e. The summed E-state index contributed by atoms with van der Waals surface area (Å²) in [4.78, 5) is 10.5. The van der Waals surface area contributed by atoms with Gasteiger partial charge in [0.2, 0.25) is 0 Å². The Morgan fingerprint density at radius 3 is 2.84 bits per heavy atom. The summed E-state index contributed by atoms with van der Waals surface area (Å²) in [5.41, 5.74) is 6.72. The molecule has 0 radical (unpaired) electrons. The molecule has 0 aliphatic rings. The molecule has 0 amide bonds. The summed E-state index contributed by atoms with van der Waals surface area (Å²) >= 11 is 0. The molecule has 0 saturated carbocycles. The minimum Gasteiger partial charge on any atom is -0.393 e. The van der Waals surface area contributed by atoms with Crippen molar-refractivity contribution in [3.63, 3.8) is 0 Å². The third-order valence-electron chi connectivity index (χ3n) is 2.89. The fourth-order valence-corrected chi connectivity index (χ4v) is 1.76. The average molecular weight is 267 g/mol. The van der Waals surface area contributed by atoms with Gasteiger partial charge in [0.05, 0.1) is 0 Å². The minimum absolute atomic E-state index is 0.610. The van der Waals surface area contributed by atoms with Crippen molar-refractivity contribution in [1.82, 2.24) is 9.97 Å². The second-order valence-electron chi connectivity index (χ2n) is 4.51. The van der Waals surface area contributed by atoms with Crippen LogP contribution in [-0.4, -0.2) is 43.8 Å². The molecule has 1 heterocycles. The zero-order chi connectivity index (χ0) is 14.1. The first-order valence-corrected chi connectivity index (χ1v) is 6.75. The molecule has 0 fully saturated rings. The number of hydrogen-bond donors (Lipinski definition) is 2. The van der Waals surface area contributed by atoms with Crippen LogP contribution in [0.1, 0.15) is 26.2 Å². The Hall–Kier alpha value is -1.56. The molecule has 1 rings (SSSR count). The summed E-state index contributed by atoms with van der Waals surface area (Å²) in [6.07, 6.45) is 4.74. The Kier molecular flexibility index (Phi) is 6.95. The van der Waals surface area contributed by atoms with Gasteiger partial charge in [-0.2, -0.15) is 0 Å². The molecule has 0 spiro atoms. The Labute approximate surface area is 115 Å². The molecule has 3 N–H and O–H groups in total. The van der Waals surface area contributed by atoms with Gasteiger partial charge >= 0.3 is 0 Å². The van der Waals surface area contributed by atoms with Crippen molar-refractivity contribution in [2.45, 2.75) is 26.2 Å². The lowest BCUT2D eigenvalue weighted by molar-refractivity contribution is 0.198. The number of nitrogens with zero attached hydrogens (tertiary/aromatic N) is 3. The lowest BCUT2D eigenvalue weighted by Crippen LogP contribution is -2.22. The van der Waals surface area contributed by atoms with Gasteiger partial charge in [-0.25, -0.2) is 9.97 Å². The quantitative estimate of drug-likeness (QED) is 0.664. The van der Waals surface area contributed by atoms with Crippen molar-refractivity contribution < 1.29 is 4.74 Å². The van der Waals surface area contributed by atoms with Crippen molar-refractivity contribution >= 4 is 17.3 Å². The van der Waals surface area contributed by atoms with Crippen LogP contribution in [0.2, 0.25) is 0 Å². The van der Waals surface area contributed by atoms with E-state index >= 15 is 0 Å². The van der Waals surface area contributed by atoms with E-state index in [9.17, 15) is 0 Å². The molecule has 1 aromatic heterocycles. The van der Waals surface area contributed by atoms with Crippen LogP contribution in [0.3, 0.4) is 0 Å². The maximum atomic E-state index is 6.11. The second kappa shape index (κ2) is 8.53. The van der Waals surface area contributed by atoms with E-state index < -0.39 is 0 Å². The Bertz CT molecular complexity index is 372. The van der Waals surface area contributed by atoms with Gasteiger partial charge in [0.15, 0.2) is 11.6 Å². The zero-order valence-electron chi connectivity index (χ0n) is 12.1. The number of hydrogen-bond acceptors (Lipinski definition) is 6. The predicted molar refractivity (Wildman–Crippen MR) is 79.6 cm³/mol. The lowest BCUT2D eigenvalue weighted by atomic mass is 10.3. The van der Waals surface area contributed by atoms with E-state index in [0.29, 0.717) is 11.5 Å².